The number of phenolic OH excluding ortho intramolecular Hbond substituents is 1. The number of hydrogen-bond donors (Lipinski definition) is 3. The van der Waals surface area contributed by atoms with Crippen molar-refractivity contribution in [1.82, 2.24) is 0 Å². The van der Waals surface area contributed by atoms with Crippen LogP contribution in [0, 0.1) is 0 Å². The third-order valence-electron chi connectivity index (χ3n) is 3.27. The monoisotopic (exact) mass is 254 g/mol. The molecule has 5 nitrogen and oxygen atoms in total. The fourth-order valence-corrected chi connectivity index (χ4v) is 2.29. The van der Waals surface area contributed by atoms with Gasteiger partial charge in [0.05, 0.1) is 16.9 Å². The molecular formula is C14H10N2O3. The van der Waals surface area contributed by atoms with E-state index in [1.807, 2.05) is 0 Å². The molecule has 0 aliphatic heterocycles. The Morgan fingerprint density at radius 1 is 0.842 bits per heavy atom. The summed E-state index contributed by atoms with van der Waals surface area (Å²) in [7, 11) is 0. The second-order valence-corrected chi connectivity index (χ2v) is 4.35. The van der Waals surface area contributed by atoms with Gasteiger partial charge in [-0.2, -0.15) is 0 Å². The van der Waals surface area contributed by atoms with Gasteiger partial charge in [-0.15, -0.1) is 0 Å². The number of benzene rings is 2. The van der Waals surface area contributed by atoms with E-state index in [0.717, 1.165) is 0 Å². The largest absolute Gasteiger partial charge is 0.506 e. The highest BCUT2D eigenvalue weighted by Crippen LogP contribution is 2.38. The number of rotatable bonds is 0. The molecule has 0 heterocycles. The number of anilines is 2. The summed E-state index contributed by atoms with van der Waals surface area (Å²) in [4.78, 5) is 24.7. The molecule has 5 heteroatoms. The van der Waals surface area contributed by atoms with E-state index >= 15 is 0 Å². The van der Waals surface area contributed by atoms with Crippen molar-refractivity contribution in [3.8, 4) is 5.75 Å². The Kier molecular flexibility index (Phi) is 2.13. The van der Waals surface area contributed by atoms with Crippen LogP contribution in [0.4, 0.5) is 11.4 Å². The zero-order valence-corrected chi connectivity index (χ0v) is 9.81. The molecule has 0 aromatic heterocycles. The zero-order valence-electron chi connectivity index (χ0n) is 9.81. The summed E-state index contributed by atoms with van der Waals surface area (Å²) in [6.45, 7) is 0. The first kappa shape index (κ1) is 11.3. The summed E-state index contributed by atoms with van der Waals surface area (Å²) in [6, 6.07) is 7.69. The van der Waals surface area contributed by atoms with Crippen LogP contribution in [0.5, 0.6) is 5.75 Å². The van der Waals surface area contributed by atoms with Gasteiger partial charge < -0.3 is 16.6 Å². The number of phenols is 1. The van der Waals surface area contributed by atoms with Gasteiger partial charge in [-0.3, -0.25) is 9.59 Å². The molecular weight excluding hydrogens is 244 g/mol. The molecule has 0 saturated heterocycles. The number of aromatic hydroxyl groups is 1. The van der Waals surface area contributed by atoms with Gasteiger partial charge >= 0.3 is 0 Å². The van der Waals surface area contributed by atoms with Crippen LogP contribution in [0.25, 0.3) is 0 Å². The highest BCUT2D eigenvalue weighted by atomic mass is 16.3. The molecule has 2 aromatic rings. The fraction of sp³-hybridized carbons (Fsp3) is 0. The Bertz CT molecular complexity index is 751. The molecule has 5 N–H and O–H groups in total. The molecule has 0 bridgehead atoms. The van der Waals surface area contributed by atoms with Crippen LogP contribution in [-0.4, -0.2) is 16.7 Å². The molecule has 1 aliphatic carbocycles. The maximum absolute atomic E-state index is 12.4. The SMILES string of the molecule is Nc1c(O)cc2c(c1N)C(=O)c1ccccc1C2=O. The average molecular weight is 254 g/mol. The fourth-order valence-electron chi connectivity index (χ4n) is 2.29. The molecule has 19 heavy (non-hydrogen) atoms. The Morgan fingerprint density at radius 2 is 1.42 bits per heavy atom. The lowest BCUT2D eigenvalue weighted by Gasteiger charge is -2.20. The molecule has 0 spiro atoms. The lowest BCUT2D eigenvalue weighted by Crippen LogP contribution is -2.22. The molecule has 0 unspecified atom stereocenters. The standard InChI is InChI=1S/C14H10N2O3/c15-11-9(17)5-8-10(12(11)16)14(19)7-4-2-1-3-6(7)13(8)18/h1-5,17H,15-16H2. The summed E-state index contributed by atoms with van der Waals surface area (Å²) >= 11 is 0. The lowest BCUT2D eigenvalue weighted by atomic mass is 9.83. The normalized spacial score (nSPS) is 13.1. The Labute approximate surface area is 108 Å². The van der Waals surface area contributed by atoms with Crippen molar-refractivity contribution in [2.45, 2.75) is 0 Å². The van der Waals surface area contributed by atoms with Crippen molar-refractivity contribution in [3.05, 3.63) is 52.6 Å². The molecule has 0 radical (unpaired) electrons. The van der Waals surface area contributed by atoms with E-state index in [4.69, 9.17) is 11.5 Å². The van der Waals surface area contributed by atoms with Crippen molar-refractivity contribution >= 4 is 22.9 Å². The number of carbonyl (C=O) groups excluding carboxylic acids is 2. The van der Waals surface area contributed by atoms with Crippen LogP contribution in [0.3, 0.4) is 0 Å². The zero-order chi connectivity index (χ0) is 13.7. The Balaban J connectivity index is 2.40. The van der Waals surface area contributed by atoms with Crippen molar-refractivity contribution < 1.29 is 14.7 Å². The maximum Gasteiger partial charge on any atom is 0.196 e. The second-order valence-electron chi connectivity index (χ2n) is 4.35. The predicted octanol–water partition coefficient (Wildman–Crippen LogP) is 1.33. The quantitative estimate of drug-likeness (QED) is 0.414. The van der Waals surface area contributed by atoms with Crippen LogP contribution in [0.1, 0.15) is 31.8 Å². The van der Waals surface area contributed by atoms with Crippen LogP contribution in [0.2, 0.25) is 0 Å². The first-order chi connectivity index (χ1) is 9.02. The Hall–Kier alpha value is -2.82. The summed E-state index contributed by atoms with van der Waals surface area (Å²) < 4.78 is 0. The molecule has 3 rings (SSSR count). The van der Waals surface area contributed by atoms with Gasteiger partial charge in [-0.05, 0) is 6.07 Å². The van der Waals surface area contributed by atoms with E-state index < -0.39 is 0 Å². The molecule has 1 aliphatic rings. The first-order valence-electron chi connectivity index (χ1n) is 5.61. The third-order valence-corrected chi connectivity index (χ3v) is 3.27. The van der Waals surface area contributed by atoms with Gasteiger partial charge in [0.2, 0.25) is 0 Å². The molecule has 2 aromatic carbocycles. The van der Waals surface area contributed by atoms with E-state index in [2.05, 4.69) is 0 Å². The lowest BCUT2D eigenvalue weighted by molar-refractivity contribution is 0.0979. The van der Waals surface area contributed by atoms with Crippen LogP contribution in [0.15, 0.2) is 30.3 Å². The van der Waals surface area contributed by atoms with Gasteiger partial charge in [0.1, 0.15) is 5.75 Å². The highest BCUT2D eigenvalue weighted by Gasteiger charge is 2.32. The van der Waals surface area contributed by atoms with Gasteiger partial charge in [-0.1, -0.05) is 24.3 Å². The molecule has 0 atom stereocenters. The number of fused-ring (bicyclic) bond motifs is 2. The molecule has 0 fully saturated rings. The molecule has 0 amide bonds. The van der Waals surface area contributed by atoms with Crippen molar-refractivity contribution in [1.29, 1.82) is 0 Å². The van der Waals surface area contributed by atoms with E-state index in [9.17, 15) is 14.7 Å². The van der Waals surface area contributed by atoms with E-state index in [0.29, 0.717) is 11.1 Å². The number of nitrogens with two attached hydrogens (primary N) is 2. The van der Waals surface area contributed by atoms with E-state index in [-0.39, 0.29) is 39.8 Å². The predicted molar refractivity (Wildman–Crippen MR) is 70.2 cm³/mol. The van der Waals surface area contributed by atoms with Crippen molar-refractivity contribution in [2.24, 2.45) is 0 Å². The van der Waals surface area contributed by atoms with Gasteiger partial charge in [0, 0.05) is 16.7 Å². The summed E-state index contributed by atoms with van der Waals surface area (Å²) in [6.07, 6.45) is 0. The van der Waals surface area contributed by atoms with E-state index in [1.165, 1.54) is 6.07 Å². The van der Waals surface area contributed by atoms with Gasteiger partial charge in [0.25, 0.3) is 0 Å². The van der Waals surface area contributed by atoms with Crippen LogP contribution >= 0.6 is 0 Å². The van der Waals surface area contributed by atoms with Crippen LogP contribution < -0.4 is 11.5 Å². The molecule has 0 saturated carbocycles. The van der Waals surface area contributed by atoms with E-state index in [1.54, 1.807) is 24.3 Å². The summed E-state index contributed by atoms with van der Waals surface area (Å²) in [5, 5.41) is 9.64. The number of ketones is 2. The second kappa shape index (κ2) is 3.58. The van der Waals surface area contributed by atoms with Gasteiger partial charge in [-0.25, -0.2) is 0 Å². The minimum absolute atomic E-state index is 0.0529. The minimum atomic E-state index is -0.352. The average Bonchev–Trinajstić information content (AvgIpc) is 2.42. The third kappa shape index (κ3) is 1.35. The highest BCUT2D eigenvalue weighted by molar-refractivity contribution is 6.30. The topological polar surface area (TPSA) is 106 Å². The number of nitrogen functional groups attached to an aromatic ring is 2. The molecule has 94 valence electrons. The smallest absolute Gasteiger partial charge is 0.196 e. The van der Waals surface area contributed by atoms with Gasteiger partial charge in [0.15, 0.2) is 11.6 Å². The minimum Gasteiger partial charge on any atom is -0.506 e. The number of hydrogen-bond acceptors (Lipinski definition) is 5. The van der Waals surface area contributed by atoms with Crippen LogP contribution in [-0.2, 0) is 0 Å². The number of carbonyl (C=O) groups is 2. The van der Waals surface area contributed by atoms with Crippen molar-refractivity contribution in [3.63, 3.8) is 0 Å². The first-order valence-corrected chi connectivity index (χ1v) is 5.61. The summed E-state index contributed by atoms with van der Waals surface area (Å²) in [5.74, 6) is -0.988. The summed E-state index contributed by atoms with van der Waals surface area (Å²) in [5.41, 5.74) is 12.0. The Morgan fingerprint density at radius 3 is 2.05 bits per heavy atom. The van der Waals surface area contributed by atoms with Crippen molar-refractivity contribution in [2.75, 3.05) is 11.5 Å². The maximum atomic E-state index is 12.4.